The van der Waals surface area contributed by atoms with E-state index in [1.54, 1.807) is 0 Å². The molecule has 2 aliphatic heterocycles. The maximum Gasteiger partial charge on any atom is 0.208 e. The van der Waals surface area contributed by atoms with Gasteiger partial charge in [-0.05, 0) is 32.7 Å². The predicted octanol–water partition coefficient (Wildman–Crippen LogP) is 1.16. The number of hydrogen-bond donors (Lipinski definition) is 2. The number of rotatable bonds is 3. The van der Waals surface area contributed by atoms with Crippen molar-refractivity contribution in [2.45, 2.75) is 58.0 Å². The van der Waals surface area contributed by atoms with Crippen LogP contribution in [0.2, 0.25) is 0 Å². The van der Waals surface area contributed by atoms with Gasteiger partial charge in [0.1, 0.15) is 0 Å². The number of fused-ring (bicyclic) bond motifs is 1. The number of aliphatic imine (C=N–C) groups is 1. The molecule has 0 radical (unpaired) electrons. The molecule has 0 spiro atoms. The Bertz CT molecular complexity index is 304. The van der Waals surface area contributed by atoms with Gasteiger partial charge in [-0.15, -0.1) is 0 Å². The van der Waals surface area contributed by atoms with Gasteiger partial charge in [-0.25, -0.2) is 5.84 Å². The van der Waals surface area contributed by atoms with Gasteiger partial charge in [0.05, 0.1) is 0 Å². The SMILES string of the molecule is CCCCN=C(NN)N1CC2CCCCN2CC1C. The van der Waals surface area contributed by atoms with Gasteiger partial charge in [-0.3, -0.25) is 15.3 Å². The van der Waals surface area contributed by atoms with E-state index in [1.807, 2.05) is 0 Å². The van der Waals surface area contributed by atoms with Crippen LogP contribution in [0.3, 0.4) is 0 Å². The summed E-state index contributed by atoms with van der Waals surface area (Å²) >= 11 is 0. The van der Waals surface area contributed by atoms with Crippen LogP contribution in [-0.2, 0) is 0 Å². The van der Waals surface area contributed by atoms with E-state index in [-0.39, 0.29) is 0 Å². The lowest BCUT2D eigenvalue weighted by atomic mass is 9.97. The van der Waals surface area contributed by atoms with Gasteiger partial charge >= 0.3 is 0 Å². The number of nitrogens with zero attached hydrogens (tertiary/aromatic N) is 3. The van der Waals surface area contributed by atoms with E-state index in [4.69, 9.17) is 5.84 Å². The van der Waals surface area contributed by atoms with Gasteiger partial charge in [0.25, 0.3) is 0 Å². The highest BCUT2D eigenvalue weighted by Crippen LogP contribution is 2.23. The molecule has 2 atom stereocenters. The molecule has 0 aromatic heterocycles. The number of hydrazine groups is 1. The Labute approximate surface area is 117 Å². The fraction of sp³-hybridized carbons (Fsp3) is 0.929. The minimum atomic E-state index is 0.491. The lowest BCUT2D eigenvalue weighted by molar-refractivity contribution is 0.0485. The minimum absolute atomic E-state index is 0.491. The average molecular weight is 267 g/mol. The number of nitrogens with two attached hydrogens (primary N) is 1. The van der Waals surface area contributed by atoms with E-state index in [2.05, 4.69) is 34.1 Å². The van der Waals surface area contributed by atoms with Crippen molar-refractivity contribution in [3.05, 3.63) is 0 Å². The quantitative estimate of drug-likeness (QED) is 0.265. The van der Waals surface area contributed by atoms with Gasteiger partial charge in [0, 0.05) is 31.7 Å². The third-order valence-corrected chi connectivity index (χ3v) is 4.36. The summed E-state index contributed by atoms with van der Waals surface area (Å²) in [6.07, 6.45) is 6.34. The summed E-state index contributed by atoms with van der Waals surface area (Å²) in [5, 5.41) is 0. The Hall–Kier alpha value is -0.810. The molecule has 0 aromatic rings. The number of guanidine groups is 1. The number of hydrogen-bond acceptors (Lipinski definition) is 3. The molecule has 3 N–H and O–H groups in total. The van der Waals surface area contributed by atoms with E-state index in [1.165, 1.54) is 32.2 Å². The molecule has 2 aliphatic rings. The van der Waals surface area contributed by atoms with Crippen molar-refractivity contribution in [2.24, 2.45) is 10.8 Å². The second-order valence-electron chi connectivity index (χ2n) is 5.85. The molecule has 0 aliphatic carbocycles. The lowest BCUT2D eigenvalue weighted by Gasteiger charge is -2.48. The predicted molar refractivity (Wildman–Crippen MR) is 79.9 cm³/mol. The first kappa shape index (κ1) is 14.6. The van der Waals surface area contributed by atoms with Crippen LogP contribution in [0.5, 0.6) is 0 Å². The molecule has 5 nitrogen and oxygen atoms in total. The van der Waals surface area contributed by atoms with Crippen molar-refractivity contribution in [3.63, 3.8) is 0 Å². The third kappa shape index (κ3) is 3.60. The molecule has 2 unspecified atom stereocenters. The molecule has 5 heteroatoms. The molecule has 0 saturated carbocycles. The Morgan fingerprint density at radius 2 is 2.21 bits per heavy atom. The van der Waals surface area contributed by atoms with E-state index in [9.17, 15) is 0 Å². The Morgan fingerprint density at radius 1 is 1.37 bits per heavy atom. The zero-order chi connectivity index (χ0) is 13.7. The summed E-state index contributed by atoms with van der Waals surface area (Å²) in [6, 6.07) is 1.18. The molecule has 2 saturated heterocycles. The molecule has 0 amide bonds. The average Bonchev–Trinajstić information content (AvgIpc) is 2.43. The number of piperidine rings is 1. The summed E-state index contributed by atoms with van der Waals surface area (Å²) < 4.78 is 0. The molecule has 110 valence electrons. The van der Waals surface area contributed by atoms with Crippen molar-refractivity contribution in [1.29, 1.82) is 0 Å². The van der Waals surface area contributed by atoms with Crippen molar-refractivity contribution >= 4 is 5.96 Å². The van der Waals surface area contributed by atoms with Crippen LogP contribution < -0.4 is 11.3 Å². The maximum atomic E-state index is 5.68. The van der Waals surface area contributed by atoms with E-state index < -0.39 is 0 Å². The molecule has 2 rings (SSSR count). The summed E-state index contributed by atoms with van der Waals surface area (Å²) in [7, 11) is 0. The van der Waals surface area contributed by atoms with Gasteiger partial charge in [0.15, 0.2) is 0 Å². The monoisotopic (exact) mass is 267 g/mol. The van der Waals surface area contributed by atoms with Crippen LogP contribution >= 0.6 is 0 Å². The van der Waals surface area contributed by atoms with Crippen LogP contribution in [0.15, 0.2) is 4.99 Å². The molecule has 2 heterocycles. The van der Waals surface area contributed by atoms with Crippen LogP contribution in [-0.4, -0.2) is 54.0 Å². The topological polar surface area (TPSA) is 56.9 Å². The van der Waals surface area contributed by atoms with Gasteiger partial charge in [-0.1, -0.05) is 19.8 Å². The summed E-state index contributed by atoms with van der Waals surface area (Å²) in [4.78, 5) is 9.64. The largest absolute Gasteiger partial charge is 0.336 e. The van der Waals surface area contributed by atoms with Gasteiger partial charge in [0.2, 0.25) is 5.96 Å². The molecule has 0 bridgehead atoms. The van der Waals surface area contributed by atoms with Gasteiger partial charge in [-0.2, -0.15) is 0 Å². The zero-order valence-electron chi connectivity index (χ0n) is 12.4. The van der Waals surface area contributed by atoms with Crippen LogP contribution in [0, 0.1) is 0 Å². The standard InChI is InChI=1S/C14H29N5/c1-3-4-8-16-14(17-15)19-11-13-7-5-6-9-18(13)10-12(19)2/h12-13H,3-11,15H2,1-2H3,(H,16,17). The van der Waals surface area contributed by atoms with E-state index in [0.717, 1.165) is 32.0 Å². The fourth-order valence-electron chi connectivity index (χ4n) is 3.21. The third-order valence-electron chi connectivity index (χ3n) is 4.36. The lowest BCUT2D eigenvalue weighted by Crippen LogP contribution is -2.62. The van der Waals surface area contributed by atoms with Gasteiger partial charge < -0.3 is 4.90 Å². The molecule has 0 aromatic carbocycles. The summed E-state index contributed by atoms with van der Waals surface area (Å²) in [5.74, 6) is 6.56. The highest BCUT2D eigenvalue weighted by molar-refractivity contribution is 5.79. The first-order chi connectivity index (χ1) is 9.26. The fourth-order valence-corrected chi connectivity index (χ4v) is 3.21. The molecule has 19 heavy (non-hydrogen) atoms. The van der Waals surface area contributed by atoms with Crippen molar-refractivity contribution in [2.75, 3.05) is 26.2 Å². The van der Waals surface area contributed by atoms with Crippen molar-refractivity contribution in [3.8, 4) is 0 Å². The highest BCUT2D eigenvalue weighted by atomic mass is 15.4. The minimum Gasteiger partial charge on any atom is -0.336 e. The number of nitrogens with one attached hydrogen (secondary N) is 1. The second-order valence-corrected chi connectivity index (χ2v) is 5.85. The van der Waals surface area contributed by atoms with Crippen LogP contribution in [0.4, 0.5) is 0 Å². The molecule has 2 fully saturated rings. The van der Waals surface area contributed by atoms with Crippen molar-refractivity contribution < 1.29 is 0 Å². The van der Waals surface area contributed by atoms with Crippen LogP contribution in [0.1, 0.15) is 46.0 Å². The Balaban J connectivity index is 1.99. The zero-order valence-corrected chi connectivity index (χ0v) is 12.4. The maximum absolute atomic E-state index is 5.68. The first-order valence-electron chi connectivity index (χ1n) is 7.78. The highest BCUT2D eigenvalue weighted by Gasteiger charge is 2.34. The number of piperazine rings is 1. The summed E-state index contributed by atoms with van der Waals surface area (Å²) in [5.41, 5.74) is 2.81. The van der Waals surface area contributed by atoms with E-state index >= 15 is 0 Å². The summed E-state index contributed by atoms with van der Waals surface area (Å²) in [6.45, 7) is 8.80. The second kappa shape index (κ2) is 7.10. The Morgan fingerprint density at radius 3 is 2.95 bits per heavy atom. The molecular formula is C14H29N5. The molecular weight excluding hydrogens is 238 g/mol. The number of unbranched alkanes of at least 4 members (excludes halogenated alkanes) is 1. The van der Waals surface area contributed by atoms with Crippen LogP contribution in [0.25, 0.3) is 0 Å². The first-order valence-corrected chi connectivity index (χ1v) is 7.78. The smallest absolute Gasteiger partial charge is 0.208 e. The van der Waals surface area contributed by atoms with E-state index in [0.29, 0.717) is 12.1 Å². The normalized spacial score (nSPS) is 29.2. The van der Waals surface area contributed by atoms with Crippen molar-refractivity contribution in [1.82, 2.24) is 15.2 Å². The Kier molecular flexibility index (Phi) is 5.45.